The first-order chi connectivity index (χ1) is 13.1. The Bertz CT molecular complexity index is 1180. The Labute approximate surface area is 169 Å². The first-order valence-electron chi connectivity index (χ1n) is 7.79. The van der Waals surface area contributed by atoms with Crippen LogP contribution in [0.3, 0.4) is 0 Å². The second-order valence-electron chi connectivity index (χ2n) is 5.65. The second-order valence-corrected chi connectivity index (χ2v) is 7.52. The highest BCUT2D eigenvalue weighted by atomic mass is 35.5. The van der Waals surface area contributed by atoms with E-state index in [0.717, 1.165) is 32.1 Å². The molecule has 0 fully saturated rings. The van der Waals surface area contributed by atoms with Gasteiger partial charge in [-0.15, -0.1) is 11.3 Å². The van der Waals surface area contributed by atoms with Gasteiger partial charge in [-0.2, -0.15) is 0 Å². The minimum Gasteiger partial charge on any atom is -0.384 e. The standard InChI is InChI=1S/C19H11Cl2N5S/c1-23-17-16(12-3-2-11(20)7-13(12)21)19(14-8-24-9-26-14)27-18(17)10-4-5-25-15(22)6-10/h2-9H,(H2,22,25)(H,24,26). The van der Waals surface area contributed by atoms with Crippen LogP contribution in [0.2, 0.25) is 10.0 Å². The number of nitrogens with one attached hydrogen (secondary N) is 1. The van der Waals surface area contributed by atoms with E-state index in [2.05, 4.69) is 19.8 Å². The summed E-state index contributed by atoms with van der Waals surface area (Å²) in [5.41, 5.74) is 9.46. The molecule has 5 nitrogen and oxygen atoms in total. The van der Waals surface area contributed by atoms with Gasteiger partial charge < -0.3 is 10.7 Å². The van der Waals surface area contributed by atoms with Crippen LogP contribution in [0.25, 0.3) is 37.0 Å². The molecule has 3 heterocycles. The monoisotopic (exact) mass is 411 g/mol. The highest BCUT2D eigenvalue weighted by molar-refractivity contribution is 7.20. The number of anilines is 1. The van der Waals surface area contributed by atoms with Crippen molar-refractivity contribution >= 4 is 46.0 Å². The molecule has 132 valence electrons. The molecular formula is C19H11Cl2N5S. The summed E-state index contributed by atoms with van der Waals surface area (Å²) in [6, 6.07) is 8.84. The lowest BCUT2D eigenvalue weighted by Gasteiger charge is -2.07. The van der Waals surface area contributed by atoms with Crippen molar-refractivity contribution in [1.82, 2.24) is 15.0 Å². The van der Waals surface area contributed by atoms with Crippen LogP contribution in [0.15, 0.2) is 49.1 Å². The molecule has 0 spiro atoms. The van der Waals surface area contributed by atoms with E-state index in [4.69, 9.17) is 35.5 Å². The molecule has 8 heteroatoms. The van der Waals surface area contributed by atoms with Crippen LogP contribution in [0, 0.1) is 6.57 Å². The summed E-state index contributed by atoms with van der Waals surface area (Å²) in [5, 5.41) is 1.01. The third kappa shape index (κ3) is 3.17. The number of benzene rings is 1. The van der Waals surface area contributed by atoms with E-state index >= 15 is 0 Å². The van der Waals surface area contributed by atoms with E-state index in [1.807, 2.05) is 12.1 Å². The first kappa shape index (κ1) is 17.6. The molecule has 0 unspecified atom stereocenters. The fraction of sp³-hybridized carbons (Fsp3) is 0. The number of nitrogens with two attached hydrogens (primary N) is 1. The SMILES string of the molecule is [C-]#[N+]c1c(-c2ccnc(N)c2)sc(-c2cnc[nH]2)c1-c1ccc(Cl)cc1Cl. The van der Waals surface area contributed by atoms with Gasteiger partial charge in [0.05, 0.1) is 24.8 Å². The molecular weight excluding hydrogens is 401 g/mol. The van der Waals surface area contributed by atoms with Gasteiger partial charge in [-0.3, -0.25) is 0 Å². The number of halogens is 2. The Balaban J connectivity index is 2.06. The number of aromatic amines is 1. The number of hydrogen-bond donors (Lipinski definition) is 2. The van der Waals surface area contributed by atoms with Crippen LogP contribution in [-0.4, -0.2) is 15.0 Å². The fourth-order valence-corrected chi connectivity index (χ4v) is 4.55. The largest absolute Gasteiger partial charge is 0.384 e. The van der Waals surface area contributed by atoms with Gasteiger partial charge in [0.15, 0.2) is 0 Å². The molecule has 0 saturated heterocycles. The van der Waals surface area contributed by atoms with Crippen molar-refractivity contribution in [3.8, 4) is 32.1 Å². The molecule has 0 aliphatic heterocycles. The Morgan fingerprint density at radius 1 is 1.15 bits per heavy atom. The maximum atomic E-state index is 7.82. The number of nitrogens with zero attached hydrogens (tertiary/aromatic N) is 3. The first-order valence-corrected chi connectivity index (χ1v) is 9.36. The zero-order chi connectivity index (χ0) is 19.0. The summed E-state index contributed by atoms with van der Waals surface area (Å²) in [4.78, 5) is 16.7. The third-order valence-electron chi connectivity index (χ3n) is 3.98. The lowest BCUT2D eigenvalue weighted by molar-refractivity contribution is 1.32. The van der Waals surface area contributed by atoms with Gasteiger partial charge in [0.2, 0.25) is 5.69 Å². The van der Waals surface area contributed by atoms with Crippen molar-refractivity contribution in [3.05, 3.63) is 70.5 Å². The molecule has 0 radical (unpaired) electrons. The van der Waals surface area contributed by atoms with Crippen LogP contribution in [-0.2, 0) is 0 Å². The summed E-state index contributed by atoms with van der Waals surface area (Å²) in [6.07, 6.45) is 4.95. The van der Waals surface area contributed by atoms with Gasteiger partial charge in [-0.25, -0.2) is 14.8 Å². The van der Waals surface area contributed by atoms with Crippen molar-refractivity contribution < 1.29 is 0 Å². The Hall–Kier alpha value is -2.85. The van der Waals surface area contributed by atoms with Gasteiger partial charge in [0.1, 0.15) is 5.82 Å². The van der Waals surface area contributed by atoms with Crippen molar-refractivity contribution in [1.29, 1.82) is 0 Å². The van der Waals surface area contributed by atoms with Crippen molar-refractivity contribution in [2.75, 3.05) is 5.73 Å². The zero-order valence-electron chi connectivity index (χ0n) is 13.7. The number of aromatic nitrogens is 3. The molecule has 0 saturated carbocycles. The maximum Gasteiger partial charge on any atom is 0.213 e. The van der Waals surface area contributed by atoms with Gasteiger partial charge >= 0.3 is 0 Å². The Morgan fingerprint density at radius 3 is 2.67 bits per heavy atom. The van der Waals surface area contributed by atoms with Crippen LogP contribution in [0.1, 0.15) is 0 Å². The predicted octanol–water partition coefficient (Wildman–Crippen LogP) is 6.31. The summed E-state index contributed by atoms with van der Waals surface area (Å²) in [6.45, 7) is 7.82. The third-order valence-corrected chi connectivity index (χ3v) is 5.79. The second kappa shape index (κ2) is 7.05. The quantitative estimate of drug-likeness (QED) is 0.388. The van der Waals surface area contributed by atoms with Crippen LogP contribution in [0.4, 0.5) is 11.5 Å². The van der Waals surface area contributed by atoms with E-state index in [-0.39, 0.29) is 0 Å². The topological polar surface area (TPSA) is 71.9 Å². The summed E-state index contributed by atoms with van der Waals surface area (Å²) < 4.78 is 0. The van der Waals surface area contributed by atoms with Crippen molar-refractivity contribution in [2.24, 2.45) is 0 Å². The Kier molecular flexibility index (Phi) is 4.58. The van der Waals surface area contributed by atoms with E-state index < -0.39 is 0 Å². The van der Waals surface area contributed by atoms with E-state index in [0.29, 0.717) is 21.6 Å². The molecule has 0 aliphatic carbocycles. The van der Waals surface area contributed by atoms with Gasteiger partial charge in [-0.1, -0.05) is 29.3 Å². The molecule has 0 bridgehead atoms. The molecule has 1 aromatic carbocycles. The summed E-state index contributed by atoms with van der Waals surface area (Å²) >= 11 is 14.0. The lowest BCUT2D eigenvalue weighted by Crippen LogP contribution is -1.88. The number of pyridine rings is 1. The maximum absolute atomic E-state index is 7.82. The van der Waals surface area contributed by atoms with E-state index in [9.17, 15) is 0 Å². The summed E-state index contributed by atoms with van der Waals surface area (Å²) in [7, 11) is 0. The molecule has 27 heavy (non-hydrogen) atoms. The van der Waals surface area contributed by atoms with Crippen LogP contribution in [0.5, 0.6) is 0 Å². The molecule has 4 aromatic rings. The van der Waals surface area contributed by atoms with Gasteiger partial charge in [0, 0.05) is 31.6 Å². The molecule has 0 amide bonds. The highest BCUT2D eigenvalue weighted by Crippen LogP contribution is 2.53. The van der Waals surface area contributed by atoms with E-state index in [1.54, 1.807) is 36.9 Å². The summed E-state index contributed by atoms with van der Waals surface area (Å²) in [5.74, 6) is 0.394. The smallest absolute Gasteiger partial charge is 0.213 e. The number of nitrogen functional groups attached to an aromatic ring is 1. The zero-order valence-corrected chi connectivity index (χ0v) is 16.0. The minimum absolute atomic E-state index is 0.394. The molecule has 3 N–H and O–H groups in total. The number of imidazole rings is 1. The number of thiophene rings is 1. The average Bonchev–Trinajstić information content (AvgIpc) is 3.29. The normalized spacial score (nSPS) is 10.7. The number of H-pyrrole nitrogens is 1. The Morgan fingerprint density at radius 2 is 2.00 bits per heavy atom. The fourth-order valence-electron chi connectivity index (χ4n) is 2.83. The van der Waals surface area contributed by atoms with Gasteiger partial charge in [-0.05, 0) is 35.4 Å². The lowest BCUT2D eigenvalue weighted by atomic mass is 10.0. The predicted molar refractivity (Wildman–Crippen MR) is 111 cm³/mol. The van der Waals surface area contributed by atoms with Crippen molar-refractivity contribution in [3.63, 3.8) is 0 Å². The highest BCUT2D eigenvalue weighted by Gasteiger charge is 2.24. The number of rotatable bonds is 3. The van der Waals surface area contributed by atoms with Gasteiger partial charge in [0.25, 0.3) is 0 Å². The minimum atomic E-state index is 0.394. The molecule has 0 atom stereocenters. The molecule has 4 rings (SSSR count). The molecule has 0 aliphatic rings. The van der Waals surface area contributed by atoms with Crippen LogP contribution < -0.4 is 5.73 Å². The van der Waals surface area contributed by atoms with Crippen LogP contribution >= 0.6 is 34.5 Å². The average molecular weight is 412 g/mol. The molecule has 3 aromatic heterocycles. The number of hydrogen-bond acceptors (Lipinski definition) is 4. The van der Waals surface area contributed by atoms with E-state index in [1.165, 1.54) is 11.3 Å². The van der Waals surface area contributed by atoms with Crippen molar-refractivity contribution in [2.45, 2.75) is 0 Å².